The fourth-order valence-corrected chi connectivity index (χ4v) is 2.51. The molecule has 4 heteroatoms. The molecule has 1 aromatic carbocycles. The lowest BCUT2D eigenvalue weighted by Gasteiger charge is -2.23. The SMILES string of the molecule is C=C[C@H]1OC(C)(C)O[C@@H]1[C@@H](/C=C/C(C)=O)OCc1ccccc1. The minimum Gasteiger partial charge on any atom is -0.367 e. The van der Waals surface area contributed by atoms with Gasteiger partial charge in [-0.3, -0.25) is 4.79 Å². The van der Waals surface area contributed by atoms with Crippen LogP contribution in [0.4, 0.5) is 0 Å². The highest BCUT2D eigenvalue weighted by Crippen LogP contribution is 2.32. The molecule has 1 aliphatic rings. The van der Waals surface area contributed by atoms with Crippen molar-refractivity contribution in [3.8, 4) is 0 Å². The first-order valence-electron chi connectivity index (χ1n) is 7.74. The molecule has 0 spiro atoms. The lowest BCUT2D eigenvalue weighted by Crippen LogP contribution is -2.35. The average molecular weight is 316 g/mol. The molecule has 124 valence electrons. The number of hydrogen-bond donors (Lipinski definition) is 0. The third-order valence-electron chi connectivity index (χ3n) is 3.53. The van der Waals surface area contributed by atoms with E-state index in [-0.39, 0.29) is 18.0 Å². The Balaban J connectivity index is 2.13. The summed E-state index contributed by atoms with van der Waals surface area (Å²) >= 11 is 0. The molecule has 0 radical (unpaired) electrons. The van der Waals surface area contributed by atoms with Crippen LogP contribution in [0.25, 0.3) is 0 Å². The predicted octanol–water partition coefficient (Wildman–Crippen LogP) is 3.42. The Labute approximate surface area is 137 Å². The van der Waals surface area contributed by atoms with E-state index < -0.39 is 11.9 Å². The van der Waals surface area contributed by atoms with Crippen molar-refractivity contribution in [3.63, 3.8) is 0 Å². The van der Waals surface area contributed by atoms with Crippen LogP contribution in [-0.4, -0.2) is 29.9 Å². The van der Waals surface area contributed by atoms with E-state index in [0.29, 0.717) is 6.61 Å². The van der Waals surface area contributed by atoms with Gasteiger partial charge in [-0.15, -0.1) is 6.58 Å². The van der Waals surface area contributed by atoms with Gasteiger partial charge in [0.05, 0.1) is 6.61 Å². The molecule has 0 unspecified atom stereocenters. The highest BCUT2D eigenvalue weighted by molar-refractivity contribution is 5.87. The van der Waals surface area contributed by atoms with E-state index in [1.165, 1.54) is 13.0 Å². The number of rotatable bonds is 7. The lowest BCUT2D eigenvalue weighted by molar-refractivity contribution is -0.154. The molecule has 2 rings (SSSR count). The van der Waals surface area contributed by atoms with Crippen LogP contribution in [-0.2, 0) is 25.6 Å². The van der Waals surface area contributed by atoms with Gasteiger partial charge in [-0.05, 0) is 38.5 Å². The van der Waals surface area contributed by atoms with Crippen LogP contribution in [0.3, 0.4) is 0 Å². The molecule has 1 aliphatic heterocycles. The molecule has 4 nitrogen and oxygen atoms in total. The Bertz CT molecular complexity index is 562. The summed E-state index contributed by atoms with van der Waals surface area (Å²) in [6, 6.07) is 9.87. The molecular formula is C19H24O4. The van der Waals surface area contributed by atoms with Crippen molar-refractivity contribution in [3.05, 3.63) is 60.7 Å². The van der Waals surface area contributed by atoms with E-state index in [1.807, 2.05) is 44.2 Å². The summed E-state index contributed by atoms with van der Waals surface area (Å²) in [6.45, 7) is 9.44. The summed E-state index contributed by atoms with van der Waals surface area (Å²) in [5.41, 5.74) is 1.06. The Morgan fingerprint density at radius 1 is 1.35 bits per heavy atom. The van der Waals surface area contributed by atoms with Crippen LogP contribution in [0.15, 0.2) is 55.1 Å². The van der Waals surface area contributed by atoms with E-state index in [2.05, 4.69) is 6.58 Å². The lowest BCUT2D eigenvalue weighted by atomic mass is 10.1. The summed E-state index contributed by atoms with van der Waals surface area (Å²) < 4.78 is 17.8. The van der Waals surface area contributed by atoms with Crippen LogP contribution in [0, 0.1) is 0 Å². The average Bonchev–Trinajstić information content (AvgIpc) is 2.83. The number of allylic oxidation sites excluding steroid dienone is 1. The first-order valence-corrected chi connectivity index (χ1v) is 7.74. The Morgan fingerprint density at radius 2 is 2.04 bits per heavy atom. The Morgan fingerprint density at radius 3 is 2.65 bits per heavy atom. The third kappa shape index (κ3) is 5.13. The van der Waals surface area contributed by atoms with E-state index in [4.69, 9.17) is 14.2 Å². The van der Waals surface area contributed by atoms with Crippen molar-refractivity contribution in [2.45, 2.75) is 51.5 Å². The zero-order chi connectivity index (χ0) is 16.9. The van der Waals surface area contributed by atoms with Gasteiger partial charge in [0.15, 0.2) is 11.6 Å². The Hall–Kier alpha value is -1.75. The van der Waals surface area contributed by atoms with Gasteiger partial charge in [-0.25, -0.2) is 0 Å². The van der Waals surface area contributed by atoms with Crippen LogP contribution in [0.5, 0.6) is 0 Å². The van der Waals surface area contributed by atoms with Gasteiger partial charge < -0.3 is 14.2 Å². The van der Waals surface area contributed by atoms with Crippen LogP contribution < -0.4 is 0 Å². The molecule has 0 amide bonds. The number of carbonyl (C=O) groups excluding carboxylic acids is 1. The van der Waals surface area contributed by atoms with E-state index in [0.717, 1.165) is 5.56 Å². The predicted molar refractivity (Wildman–Crippen MR) is 88.9 cm³/mol. The van der Waals surface area contributed by atoms with Gasteiger partial charge in [0.25, 0.3) is 0 Å². The quantitative estimate of drug-likeness (QED) is 0.571. The van der Waals surface area contributed by atoms with Gasteiger partial charge in [0.2, 0.25) is 0 Å². The van der Waals surface area contributed by atoms with Gasteiger partial charge in [0, 0.05) is 0 Å². The molecule has 1 saturated heterocycles. The molecule has 23 heavy (non-hydrogen) atoms. The summed E-state index contributed by atoms with van der Waals surface area (Å²) in [6.07, 6.45) is 3.91. The second kappa shape index (κ2) is 7.68. The Kier molecular flexibility index (Phi) is 5.88. The van der Waals surface area contributed by atoms with Crippen molar-refractivity contribution in [1.82, 2.24) is 0 Å². The molecule has 1 aromatic rings. The van der Waals surface area contributed by atoms with Crippen molar-refractivity contribution in [1.29, 1.82) is 0 Å². The molecule has 1 fully saturated rings. The van der Waals surface area contributed by atoms with Crippen molar-refractivity contribution in [2.75, 3.05) is 0 Å². The van der Waals surface area contributed by atoms with Gasteiger partial charge >= 0.3 is 0 Å². The second-order valence-electron chi connectivity index (χ2n) is 6.03. The number of ether oxygens (including phenoxy) is 3. The zero-order valence-corrected chi connectivity index (χ0v) is 13.9. The smallest absolute Gasteiger partial charge is 0.164 e. The van der Waals surface area contributed by atoms with Crippen LogP contribution >= 0.6 is 0 Å². The van der Waals surface area contributed by atoms with Gasteiger partial charge in [-0.2, -0.15) is 0 Å². The molecule has 0 aromatic heterocycles. The first kappa shape index (κ1) is 17.6. The minimum absolute atomic E-state index is 0.0355. The standard InChI is InChI=1S/C19H24O4/c1-5-16-18(23-19(3,4)22-16)17(12-11-14(2)20)21-13-15-9-7-6-8-10-15/h5-12,16-18H,1,13H2,2-4H3/b12-11+/t16-,17-,18+/m1/s1. The highest BCUT2D eigenvalue weighted by Gasteiger charge is 2.43. The molecule has 0 aliphatic carbocycles. The second-order valence-corrected chi connectivity index (χ2v) is 6.03. The van der Waals surface area contributed by atoms with E-state index in [1.54, 1.807) is 12.2 Å². The third-order valence-corrected chi connectivity index (χ3v) is 3.53. The maximum Gasteiger partial charge on any atom is 0.164 e. The van der Waals surface area contributed by atoms with Crippen LogP contribution in [0.1, 0.15) is 26.3 Å². The summed E-state index contributed by atoms with van der Waals surface area (Å²) in [5, 5.41) is 0. The van der Waals surface area contributed by atoms with Gasteiger partial charge in [-0.1, -0.05) is 36.4 Å². The van der Waals surface area contributed by atoms with Gasteiger partial charge in [0.1, 0.15) is 18.3 Å². The fourth-order valence-electron chi connectivity index (χ4n) is 2.51. The summed E-state index contributed by atoms with van der Waals surface area (Å²) in [4.78, 5) is 11.3. The molecule has 3 atom stereocenters. The number of hydrogen-bond acceptors (Lipinski definition) is 4. The van der Waals surface area contributed by atoms with Crippen molar-refractivity contribution >= 4 is 5.78 Å². The minimum atomic E-state index is -0.706. The first-order chi connectivity index (χ1) is 10.9. The highest BCUT2D eigenvalue weighted by atomic mass is 16.8. The number of ketones is 1. The normalized spacial score (nSPS) is 24.7. The topological polar surface area (TPSA) is 44.8 Å². The van der Waals surface area contributed by atoms with E-state index >= 15 is 0 Å². The number of benzene rings is 1. The summed E-state index contributed by atoms with van der Waals surface area (Å²) in [7, 11) is 0. The maximum atomic E-state index is 11.3. The summed E-state index contributed by atoms with van der Waals surface area (Å²) in [5.74, 6) is -0.742. The fraction of sp³-hybridized carbons (Fsp3) is 0.421. The molecule has 0 saturated carbocycles. The molecule has 0 N–H and O–H groups in total. The van der Waals surface area contributed by atoms with Crippen LogP contribution in [0.2, 0.25) is 0 Å². The molecule has 1 heterocycles. The maximum absolute atomic E-state index is 11.3. The van der Waals surface area contributed by atoms with E-state index in [9.17, 15) is 4.79 Å². The molecule has 0 bridgehead atoms. The number of carbonyl (C=O) groups is 1. The van der Waals surface area contributed by atoms with Crippen molar-refractivity contribution in [2.24, 2.45) is 0 Å². The largest absolute Gasteiger partial charge is 0.367 e. The van der Waals surface area contributed by atoms with Crippen molar-refractivity contribution < 1.29 is 19.0 Å². The monoisotopic (exact) mass is 316 g/mol. The zero-order valence-electron chi connectivity index (χ0n) is 13.9. The molecular weight excluding hydrogens is 292 g/mol.